The molecule has 1 atom stereocenters. The molecule has 1 aliphatic heterocycles. The van der Waals surface area contributed by atoms with Crippen LogP contribution in [0.1, 0.15) is 6.92 Å². The zero-order valence-corrected chi connectivity index (χ0v) is 15.1. The average molecular weight is 373 g/mol. The van der Waals surface area contributed by atoms with Gasteiger partial charge in [-0.15, -0.1) is 11.8 Å². The number of hydrogen-bond donors (Lipinski definition) is 1. The second kappa shape index (κ2) is 8.62. The van der Waals surface area contributed by atoms with E-state index in [1.807, 2.05) is 36.4 Å². The van der Waals surface area contributed by atoms with Gasteiger partial charge in [0.2, 0.25) is 0 Å². The van der Waals surface area contributed by atoms with Crippen LogP contribution in [0.5, 0.6) is 11.5 Å². The molecule has 136 valence electrons. The van der Waals surface area contributed by atoms with Crippen molar-refractivity contribution in [2.24, 2.45) is 0 Å². The zero-order valence-electron chi connectivity index (χ0n) is 14.3. The first-order valence-corrected chi connectivity index (χ1v) is 9.18. The highest BCUT2D eigenvalue weighted by atomic mass is 32.2. The molecule has 26 heavy (non-hydrogen) atoms. The molecule has 1 aliphatic rings. The molecule has 1 heterocycles. The molecular weight excluding hydrogens is 354 g/mol. The van der Waals surface area contributed by atoms with Crippen molar-refractivity contribution in [2.45, 2.75) is 17.9 Å². The van der Waals surface area contributed by atoms with Gasteiger partial charge in [0, 0.05) is 10.6 Å². The molecule has 0 spiro atoms. The van der Waals surface area contributed by atoms with E-state index in [2.05, 4.69) is 5.32 Å². The number of hydrogen-bond acceptors (Lipinski definition) is 6. The number of para-hydroxylation sites is 1. The molecule has 0 saturated heterocycles. The molecule has 0 unspecified atom stereocenters. The summed E-state index contributed by atoms with van der Waals surface area (Å²) >= 11 is 1.32. The average Bonchev–Trinajstić information content (AvgIpc) is 2.67. The molecular formula is C19H19NO5S. The van der Waals surface area contributed by atoms with Crippen LogP contribution in [0.25, 0.3) is 0 Å². The lowest BCUT2D eigenvalue weighted by Gasteiger charge is -2.18. The quantitative estimate of drug-likeness (QED) is 0.619. The normalized spacial score (nSPS) is 13.6. The first-order chi connectivity index (χ1) is 12.6. The van der Waals surface area contributed by atoms with Crippen molar-refractivity contribution in [3.05, 3.63) is 48.5 Å². The molecule has 6 nitrogen and oxygen atoms in total. The summed E-state index contributed by atoms with van der Waals surface area (Å²) in [6.45, 7) is 2.59. The van der Waals surface area contributed by atoms with Gasteiger partial charge in [-0.25, -0.2) is 0 Å². The van der Waals surface area contributed by atoms with E-state index in [0.717, 1.165) is 4.90 Å². The van der Waals surface area contributed by atoms with Gasteiger partial charge >= 0.3 is 5.97 Å². The largest absolute Gasteiger partial charge is 0.486 e. The molecule has 0 radical (unpaired) electrons. The Morgan fingerprint density at radius 1 is 1.12 bits per heavy atom. The molecule has 0 bridgehead atoms. The van der Waals surface area contributed by atoms with Gasteiger partial charge in [0.25, 0.3) is 5.91 Å². The van der Waals surface area contributed by atoms with Crippen LogP contribution in [-0.4, -0.2) is 36.9 Å². The maximum absolute atomic E-state index is 12.1. The molecule has 2 aromatic carbocycles. The summed E-state index contributed by atoms with van der Waals surface area (Å²) in [7, 11) is 0. The fourth-order valence-electron chi connectivity index (χ4n) is 2.31. The van der Waals surface area contributed by atoms with Gasteiger partial charge in [-0.05, 0) is 37.3 Å². The standard InChI is InChI=1S/C19H19NO5S/c1-13(19(22)20-14-5-3-2-4-6-14)25-18(21)12-26-15-7-8-16-17(11-15)24-10-9-23-16/h2-8,11,13H,9-10,12H2,1H3,(H,20,22)/t13-/m1/s1. The number of carbonyl (C=O) groups excluding carboxylic acids is 2. The second-order valence-electron chi connectivity index (χ2n) is 5.58. The Labute approximate surface area is 155 Å². The van der Waals surface area contributed by atoms with Gasteiger partial charge in [0.1, 0.15) is 13.2 Å². The number of esters is 1. The van der Waals surface area contributed by atoms with E-state index in [4.69, 9.17) is 14.2 Å². The van der Waals surface area contributed by atoms with Crippen LogP contribution < -0.4 is 14.8 Å². The second-order valence-corrected chi connectivity index (χ2v) is 6.63. The minimum absolute atomic E-state index is 0.0998. The van der Waals surface area contributed by atoms with Crippen molar-refractivity contribution in [3.8, 4) is 11.5 Å². The number of benzene rings is 2. The van der Waals surface area contributed by atoms with Gasteiger partial charge in [0.05, 0.1) is 5.75 Å². The minimum atomic E-state index is -0.872. The van der Waals surface area contributed by atoms with Crippen LogP contribution in [0.15, 0.2) is 53.4 Å². The highest BCUT2D eigenvalue weighted by Gasteiger charge is 2.18. The first kappa shape index (κ1) is 18.1. The van der Waals surface area contributed by atoms with E-state index in [9.17, 15) is 9.59 Å². The van der Waals surface area contributed by atoms with E-state index in [1.54, 1.807) is 19.1 Å². The number of fused-ring (bicyclic) bond motifs is 1. The minimum Gasteiger partial charge on any atom is -0.486 e. The summed E-state index contributed by atoms with van der Waals surface area (Å²) in [5, 5.41) is 2.70. The number of rotatable bonds is 6. The van der Waals surface area contributed by atoms with Crippen molar-refractivity contribution in [2.75, 3.05) is 24.3 Å². The van der Waals surface area contributed by atoms with E-state index in [-0.39, 0.29) is 11.7 Å². The predicted octanol–water partition coefficient (Wildman–Crippen LogP) is 3.12. The highest BCUT2D eigenvalue weighted by molar-refractivity contribution is 8.00. The molecule has 7 heteroatoms. The smallest absolute Gasteiger partial charge is 0.317 e. The molecule has 0 aliphatic carbocycles. The number of nitrogens with one attached hydrogen (secondary N) is 1. The monoisotopic (exact) mass is 373 g/mol. The Morgan fingerprint density at radius 3 is 2.62 bits per heavy atom. The molecule has 0 aromatic heterocycles. The summed E-state index contributed by atoms with van der Waals surface area (Å²) in [5.41, 5.74) is 0.658. The van der Waals surface area contributed by atoms with Gasteiger partial charge in [-0.1, -0.05) is 18.2 Å². The third-order valence-electron chi connectivity index (χ3n) is 3.59. The topological polar surface area (TPSA) is 73.9 Å². The Hall–Kier alpha value is -2.67. The van der Waals surface area contributed by atoms with Gasteiger partial charge in [0.15, 0.2) is 17.6 Å². The lowest BCUT2D eigenvalue weighted by atomic mass is 10.3. The Kier molecular flexibility index (Phi) is 6.01. The molecule has 0 saturated carbocycles. The fourth-order valence-corrected chi connectivity index (χ4v) is 3.01. The number of ether oxygens (including phenoxy) is 3. The van der Waals surface area contributed by atoms with Crippen molar-refractivity contribution < 1.29 is 23.8 Å². The maximum Gasteiger partial charge on any atom is 0.317 e. The molecule has 3 rings (SSSR count). The van der Waals surface area contributed by atoms with E-state index < -0.39 is 12.1 Å². The van der Waals surface area contributed by atoms with E-state index in [1.165, 1.54) is 11.8 Å². The lowest BCUT2D eigenvalue weighted by Crippen LogP contribution is -2.30. The van der Waals surface area contributed by atoms with E-state index >= 15 is 0 Å². The molecule has 2 aromatic rings. The number of thioether (sulfide) groups is 1. The Bertz CT molecular complexity index is 781. The fraction of sp³-hybridized carbons (Fsp3) is 0.263. The highest BCUT2D eigenvalue weighted by Crippen LogP contribution is 2.34. The summed E-state index contributed by atoms with van der Waals surface area (Å²) in [5.74, 6) is 0.650. The number of anilines is 1. The van der Waals surface area contributed by atoms with Gasteiger partial charge < -0.3 is 19.5 Å². The van der Waals surface area contributed by atoms with Crippen LogP contribution in [0, 0.1) is 0 Å². The van der Waals surface area contributed by atoms with E-state index in [0.29, 0.717) is 30.4 Å². The predicted molar refractivity (Wildman–Crippen MR) is 98.8 cm³/mol. The molecule has 1 N–H and O–H groups in total. The van der Waals surface area contributed by atoms with Crippen LogP contribution in [0.3, 0.4) is 0 Å². The lowest BCUT2D eigenvalue weighted by molar-refractivity contribution is -0.150. The summed E-state index contributed by atoms with van der Waals surface area (Å²) < 4.78 is 16.2. The summed E-state index contributed by atoms with van der Waals surface area (Å²) in [4.78, 5) is 24.9. The summed E-state index contributed by atoms with van der Waals surface area (Å²) in [6.07, 6.45) is -0.872. The van der Waals surface area contributed by atoms with Crippen LogP contribution in [0.4, 0.5) is 5.69 Å². The number of amides is 1. The van der Waals surface area contributed by atoms with Crippen LogP contribution in [0.2, 0.25) is 0 Å². The van der Waals surface area contributed by atoms with Crippen LogP contribution in [-0.2, 0) is 14.3 Å². The van der Waals surface area contributed by atoms with Crippen molar-refractivity contribution >= 4 is 29.3 Å². The maximum atomic E-state index is 12.1. The number of carbonyl (C=O) groups is 2. The zero-order chi connectivity index (χ0) is 18.4. The van der Waals surface area contributed by atoms with Crippen molar-refractivity contribution in [3.63, 3.8) is 0 Å². The summed E-state index contributed by atoms with van der Waals surface area (Å²) in [6, 6.07) is 14.5. The van der Waals surface area contributed by atoms with Gasteiger partial charge in [-0.2, -0.15) is 0 Å². The van der Waals surface area contributed by atoms with Crippen LogP contribution >= 0.6 is 11.8 Å². The molecule has 1 amide bonds. The third kappa shape index (κ3) is 4.92. The Balaban J connectivity index is 1.47. The Morgan fingerprint density at radius 2 is 1.85 bits per heavy atom. The first-order valence-electron chi connectivity index (χ1n) is 8.19. The van der Waals surface area contributed by atoms with Crippen molar-refractivity contribution in [1.82, 2.24) is 0 Å². The van der Waals surface area contributed by atoms with Gasteiger partial charge in [-0.3, -0.25) is 9.59 Å². The molecule has 0 fully saturated rings. The third-order valence-corrected chi connectivity index (χ3v) is 4.56. The SMILES string of the molecule is C[C@@H](OC(=O)CSc1ccc2c(c1)OCCO2)C(=O)Nc1ccccc1. The van der Waals surface area contributed by atoms with Crippen molar-refractivity contribution in [1.29, 1.82) is 0 Å².